The SMILES string of the molecule is CC(=O)N1CCN(c2c(NCc3ccccc3)c(=O)c2=O)CC1. The number of piperazine rings is 1. The number of hydrogen-bond acceptors (Lipinski definition) is 5. The van der Waals surface area contributed by atoms with Crippen LogP contribution in [0, 0.1) is 0 Å². The third-order valence-corrected chi connectivity index (χ3v) is 4.24. The third-order valence-electron chi connectivity index (χ3n) is 4.24. The quantitative estimate of drug-likeness (QED) is 0.836. The van der Waals surface area contributed by atoms with Gasteiger partial charge in [0.05, 0.1) is 0 Å². The molecular formula is C17H19N3O3. The summed E-state index contributed by atoms with van der Waals surface area (Å²) in [6, 6.07) is 9.72. The van der Waals surface area contributed by atoms with Gasteiger partial charge in [-0.05, 0) is 5.56 Å². The predicted octanol–water partition coefficient (Wildman–Crippen LogP) is 0.563. The molecule has 23 heavy (non-hydrogen) atoms. The van der Waals surface area contributed by atoms with Gasteiger partial charge in [0, 0.05) is 39.6 Å². The van der Waals surface area contributed by atoms with Crippen LogP contribution in [0.3, 0.4) is 0 Å². The Balaban J connectivity index is 1.70. The Bertz CT molecular complexity index is 770. The Labute approximate surface area is 134 Å². The van der Waals surface area contributed by atoms with E-state index in [4.69, 9.17) is 0 Å². The van der Waals surface area contributed by atoms with Gasteiger partial charge in [0.15, 0.2) is 0 Å². The Morgan fingerprint density at radius 2 is 1.70 bits per heavy atom. The van der Waals surface area contributed by atoms with Crippen molar-refractivity contribution in [2.75, 3.05) is 36.4 Å². The molecule has 0 spiro atoms. The highest BCUT2D eigenvalue weighted by Gasteiger charge is 2.28. The highest BCUT2D eigenvalue weighted by atomic mass is 16.2. The minimum absolute atomic E-state index is 0.0390. The molecule has 2 aromatic carbocycles. The Kier molecular flexibility index (Phi) is 4.14. The van der Waals surface area contributed by atoms with Gasteiger partial charge in [-0.25, -0.2) is 0 Å². The van der Waals surface area contributed by atoms with Crippen molar-refractivity contribution in [2.45, 2.75) is 13.5 Å². The van der Waals surface area contributed by atoms with Gasteiger partial charge in [-0.3, -0.25) is 14.4 Å². The molecule has 120 valence electrons. The largest absolute Gasteiger partial charge is 0.376 e. The lowest BCUT2D eigenvalue weighted by atomic mass is 10.1. The maximum atomic E-state index is 11.9. The minimum Gasteiger partial charge on any atom is -0.376 e. The lowest BCUT2D eigenvalue weighted by molar-refractivity contribution is -0.129. The molecule has 0 bridgehead atoms. The molecule has 6 heteroatoms. The zero-order valence-electron chi connectivity index (χ0n) is 13.0. The van der Waals surface area contributed by atoms with Gasteiger partial charge in [-0.1, -0.05) is 30.3 Å². The molecule has 1 N–H and O–H groups in total. The van der Waals surface area contributed by atoms with Crippen LogP contribution >= 0.6 is 0 Å². The summed E-state index contributed by atoms with van der Waals surface area (Å²) >= 11 is 0. The second-order valence-corrected chi connectivity index (χ2v) is 5.71. The summed E-state index contributed by atoms with van der Waals surface area (Å²) < 4.78 is 0. The fourth-order valence-electron chi connectivity index (χ4n) is 2.88. The molecule has 0 saturated carbocycles. The first-order chi connectivity index (χ1) is 11.1. The number of amides is 1. The lowest BCUT2D eigenvalue weighted by Gasteiger charge is -2.36. The van der Waals surface area contributed by atoms with E-state index in [1.807, 2.05) is 35.2 Å². The van der Waals surface area contributed by atoms with Crippen LogP contribution in [0.5, 0.6) is 0 Å². The molecule has 1 amide bonds. The van der Waals surface area contributed by atoms with Crippen LogP contribution in [0.25, 0.3) is 0 Å². The van der Waals surface area contributed by atoms with Gasteiger partial charge >= 0.3 is 0 Å². The van der Waals surface area contributed by atoms with Crippen molar-refractivity contribution < 1.29 is 4.79 Å². The van der Waals surface area contributed by atoms with E-state index in [2.05, 4.69) is 5.32 Å². The number of nitrogens with one attached hydrogen (secondary N) is 1. The van der Waals surface area contributed by atoms with E-state index < -0.39 is 10.9 Å². The standard InChI is InChI=1S/C17H19N3O3/c1-12(21)19-7-9-20(10-8-19)15-14(16(22)17(15)23)18-11-13-5-3-2-4-6-13/h2-6,18H,7-11H2,1H3. The molecule has 0 radical (unpaired) electrons. The van der Waals surface area contributed by atoms with Crippen molar-refractivity contribution >= 4 is 17.3 Å². The van der Waals surface area contributed by atoms with Crippen molar-refractivity contribution in [3.8, 4) is 0 Å². The fraction of sp³-hybridized carbons (Fsp3) is 0.353. The first-order valence-corrected chi connectivity index (χ1v) is 7.69. The van der Waals surface area contributed by atoms with E-state index in [0.29, 0.717) is 44.1 Å². The van der Waals surface area contributed by atoms with E-state index in [1.54, 1.807) is 11.8 Å². The van der Waals surface area contributed by atoms with Crippen LogP contribution in [0.4, 0.5) is 11.4 Å². The van der Waals surface area contributed by atoms with Crippen molar-refractivity contribution in [3.63, 3.8) is 0 Å². The van der Waals surface area contributed by atoms with Crippen molar-refractivity contribution in [3.05, 3.63) is 56.3 Å². The molecule has 6 nitrogen and oxygen atoms in total. The molecule has 1 saturated heterocycles. The van der Waals surface area contributed by atoms with E-state index in [9.17, 15) is 14.4 Å². The van der Waals surface area contributed by atoms with Gasteiger partial charge in [-0.2, -0.15) is 0 Å². The zero-order chi connectivity index (χ0) is 16.4. The Morgan fingerprint density at radius 1 is 1.04 bits per heavy atom. The lowest BCUT2D eigenvalue weighted by Crippen LogP contribution is -2.52. The summed E-state index contributed by atoms with van der Waals surface area (Å²) in [6.45, 7) is 4.35. The highest BCUT2D eigenvalue weighted by molar-refractivity contribution is 5.77. The smallest absolute Gasteiger partial charge is 0.253 e. The van der Waals surface area contributed by atoms with E-state index >= 15 is 0 Å². The van der Waals surface area contributed by atoms with E-state index in [1.165, 1.54) is 0 Å². The van der Waals surface area contributed by atoms with Crippen molar-refractivity contribution in [1.29, 1.82) is 0 Å². The van der Waals surface area contributed by atoms with Crippen LogP contribution in [0.2, 0.25) is 0 Å². The third kappa shape index (κ3) is 2.97. The molecule has 1 aliphatic rings. The molecule has 0 aromatic heterocycles. The minimum atomic E-state index is -0.454. The molecule has 0 atom stereocenters. The number of rotatable bonds is 4. The van der Waals surface area contributed by atoms with Gasteiger partial charge in [0.25, 0.3) is 10.9 Å². The number of nitrogens with zero attached hydrogens (tertiary/aromatic N) is 2. The second kappa shape index (κ2) is 6.24. The number of carbonyl (C=O) groups is 1. The van der Waals surface area contributed by atoms with Gasteiger partial charge in [0.1, 0.15) is 11.4 Å². The molecule has 3 rings (SSSR count). The first-order valence-electron chi connectivity index (χ1n) is 7.69. The van der Waals surface area contributed by atoms with Gasteiger partial charge < -0.3 is 15.1 Å². The molecule has 1 heterocycles. The first kappa shape index (κ1) is 15.3. The Morgan fingerprint density at radius 3 is 2.30 bits per heavy atom. The van der Waals surface area contributed by atoms with E-state index in [-0.39, 0.29) is 5.91 Å². The van der Waals surface area contributed by atoms with Crippen LogP contribution in [-0.2, 0) is 11.3 Å². The summed E-state index contributed by atoms with van der Waals surface area (Å²) in [5.41, 5.74) is 1.03. The van der Waals surface area contributed by atoms with Crippen LogP contribution < -0.4 is 21.1 Å². The maximum Gasteiger partial charge on any atom is 0.253 e. The summed E-state index contributed by atoms with van der Waals surface area (Å²) in [5, 5.41) is 3.08. The number of anilines is 2. The van der Waals surface area contributed by atoms with Crippen molar-refractivity contribution in [2.24, 2.45) is 0 Å². The Hall–Kier alpha value is -2.63. The van der Waals surface area contributed by atoms with Crippen LogP contribution in [0.1, 0.15) is 12.5 Å². The highest BCUT2D eigenvalue weighted by Crippen LogP contribution is 2.22. The normalized spacial score (nSPS) is 15.0. The van der Waals surface area contributed by atoms with Crippen LogP contribution in [-0.4, -0.2) is 37.0 Å². The maximum absolute atomic E-state index is 11.9. The summed E-state index contributed by atoms with van der Waals surface area (Å²) in [4.78, 5) is 38.8. The molecule has 1 fully saturated rings. The number of benzene rings is 1. The topological polar surface area (TPSA) is 69.7 Å². The summed E-state index contributed by atoms with van der Waals surface area (Å²) in [7, 11) is 0. The second-order valence-electron chi connectivity index (χ2n) is 5.71. The number of carbonyl (C=O) groups excluding carboxylic acids is 1. The average molecular weight is 313 g/mol. The van der Waals surface area contributed by atoms with E-state index in [0.717, 1.165) is 5.56 Å². The van der Waals surface area contributed by atoms with Crippen LogP contribution in [0.15, 0.2) is 39.9 Å². The average Bonchev–Trinajstić information content (AvgIpc) is 2.58. The van der Waals surface area contributed by atoms with Gasteiger partial charge in [0.2, 0.25) is 5.91 Å². The van der Waals surface area contributed by atoms with Crippen molar-refractivity contribution in [1.82, 2.24) is 4.90 Å². The monoisotopic (exact) mass is 313 g/mol. The molecule has 2 aromatic rings. The molecule has 0 unspecified atom stereocenters. The summed E-state index contributed by atoms with van der Waals surface area (Å²) in [6.07, 6.45) is 0. The molecular weight excluding hydrogens is 294 g/mol. The molecule has 1 aliphatic heterocycles. The fourth-order valence-corrected chi connectivity index (χ4v) is 2.88. The predicted molar refractivity (Wildman–Crippen MR) is 89.6 cm³/mol. The molecule has 0 aliphatic carbocycles. The summed E-state index contributed by atoms with van der Waals surface area (Å²) in [5.74, 6) is 0.0390. The number of hydrogen-bond donors (Lipinski definition) is 1. The zero-order valence-corrected chi connectivity index (χ0v) is 13.0. The van der Waals surface area contributed by atoms with Gasteiger partial charge in [-0.15, -0.1) is 0 Å².